The summed E-state index contributed by atoms with van der Waals surface area (Å²) in [5, 5.41) is 0. The third kappa shape index (κ3) is 5.96. The predicted molar refractivity (Wildman–Crippen MR) is 35.6 cm³/mol. The van der Waals surface area contributed by atoms with Crippen LogP contribution in [0, 0.1) is 12.3 Å². The number of rotatable bonds is 4. The van der Waals surface area contributed by atoms with Crippen molar-refractivity contribution < 1.29 is 4.74 Å². The Hall–Kier alpha value is -0.0400. The van der Waals surface area contributed by atoms with Gasteiger partial charge < -0.3 is 4.74 Å². The second-order valence-electron chi connectivity index (χ2n) is 2.34. The van der Waals surface area contributed by atoms with Gasteiger partial charge in [0.25, 0.3) is 0 Å². The maximum absolute atomic E-state index is 5.19. The second-order valence-corrected chi connectivity index (χ2v) is 2.34. The normalized spacial score (nSPS) is 10.5. The van der Waals surface area contributed by atoms with Gasteiger partial charge in [-0.3, -0.25) is 0 Å². The topological polar surface area (TPSA) is 9.23 Å². The Morgan fingerprint density at radius 3 is 2.50 bits per heavy atom. The average Bonchev–Trinajstić information content (AvgIpc) is 1.66. The standard InChI is InChI=1S/C7H15O/c1-4-5-8-6-7(2)3/h4,7H,5-6H2,1-3H3. The lowest BCUT2D eigenvalue weighted by atomic mass is 10.2. The molecule has 0 N–H and O–H groups in total. The molecule has 0 aromatic heterocycles. The third-order valence-electron chi connectivity index (χ3n) is 0.736. The zero-order valence-electron chi connectivity index (χ0n) is 5.98. The lowest BCUT2D eigenvalue weighted by Crippen LogP contribution is -2.02. The van der Waals surface area contributed by atoms with Crippen LogP contribution in [0.25, 0.3) is 0 Å². The molecule has 8 heavy (non-hydrogen) atoms. The zero-order valence-corrected chi connectivity index (χ0v) is 5.98. The molecule has 0 saturated carbocycles. The first-order valence-corrected chi connectivity index (χ1v) is 3.13. The van der Waals surface area contributed by atoms with Gasteiger partial charge in [0.15, 0.2) is 0 Å². The van der Waals surface area contributed by atoms with Gasteiger partial charge in [-0.2, -0.15) is 0 Å². The molecule has 1 nitrogen and oxygen atoms in total. The number of ether oxygens (including phenoxy) is 1. The Labute approximate surface area is 52.0 Å². The molecule has 0 unspecified atom stereocenters. The largest absolute Gasteiger partial charge is 0.381 e. The van der Waals surface area contributed by atoms with E-state index < -0.39 is 0 Å². The van der Waals surface area contributed by atoms with E-state index in [0.717, 1.165) is 13.2 Å². The highest BCUT2D eigenvalue weighted by Gasteiger charge is 1.90. The van der Waals surface area contributed by atoms with Crippen molar-refractivity contribution >= 4 is 0 Å². The first-order valence-electron chi connectivity index (χ1n) is 3.13. The minimum Gasteiger partial charge on any atom is -0.381 e. The monoisotopic (exact) mass is 115 g/mol. The van der Waals surface area contributed by atoms with Crippen molar-refractivity contribution in [1.29, 1.82) is 0 Å². The highest BCUT2D eigenvalue weighted by atomic mass is 16.5. The van der Waals surface area contributed by atoms with Crippen molar-refractivity contribution in [2.75, 3.05) is 13.2 Å². The highest BCUT2D eigenvalue weighted by molar-refractivity contribution is 4.51. The molecule has 0 amide bonds. The van der Waals surface area contributed by atoms with Gasteiger partial charge in [0.2, 0.25) is 0 Å². The Morgan fingerprint density at radius 2 is 2.12 bits per heavy atom. The first kappa shape index (κ1) is 7.96. The molecule has 1 radical (unpaired) electrons. The van der Waals surface area contributed by atoms with Crippen LogP contribution in [0.15, 0.2) is 0 Å². The van der Waals surface area contributed by atoms with E-state index in [-0.39, 0.29) is 0 Å². The van der Waals surface area contributed by atoms with Gasteiger partial charge in [-0.25, -0.2) is 0 Å². The average molecular weight is 115 g/mol. The molecule has 0 spiro atoms. The lowest BCUT2D eigenvalue weighted by molar-refractivity contribution is 0.128. The predicted octanol–water partition coefficient (Wildman–Crippen LogP) is 1.88. The van der Waals surface area contributed by atoms with Gasteiger partial charge in [-0.05, 0) is 12.3 Å². The van der Waals surface area contributed by atoms with Crippen molar-refractivity contribution in [3.05, 3.63) is 6.42 Å². The number of hydrogen-bond acceptors (Lipinski definition) is 1. The number of hydrogen-bond donors (Lipinski definition) is 0. The van der Waals surface area contributed by atoms with Crippen LogP contribution in [-0.2, 0) is 4.74 Å². The van der Waals surface area contributed by atoms with E-state index in [4.69, 9.17) is 4.74 Å². The molecule has 0 atom stereocenters. The molecule has 1 heteroatoms. The van der Waals surface area contributed by atoms with Crippen molar-refractivity contribution in [2.24, 2.45) is 5.92 Å². The van der Waals surface area contributed by atoms with Gasteiger partial charge >= 0.3 is 0 Å². The van der Waals surface area contributed by atoms with Crippen LogP contribution in [0.3, 0.4) is 0 Å². The van der Waals surface area contributed by atoms with E-state index in [1.807, 2.05) is 13.3 Å². The van der Waals surface area contributed by atoms with Gasteiger partial charge in [0.05, 0.1) is 0 Å². The lowest BCUT2D eigenvalue weighted by Gasteiger charge is -2.03. The molecule has 49 valence electrons. The van der Waals surface area contributed by atoms with E-state index >= 15 is 0 Å². The molecule has 0 rings (SSSR count). The van der Waals surface area contributed by atoms with Crippen LogP contribution in [0.2, 0.25) is 0 Å². The molecule has 0 fully saturated rings. The van der Waals surface area contributed by atoms with Crippen LogP contribution < -0.4 is 0 Å². The van der Waals surface area contributed by atoms with Crippen molar-refractivity contribution in [3.63, 3.8) is 0 Å². The van der Waals surface area contributed by atoms with Crippen LogP contribution in [0.4, 0.5) is 0 Å². The summed E-state index contributed by atoms with van der Waals surface area (Å²) in [6, 6.07) is 0. The Bertz CT molecular complexity index is 41.7. The Morgan fingerprint density at radius 1 is 1.50 bits per heavy atom. The molecular weight excluding hydrogens is 100 g/mol. The van der Waals surface area contributed by atoms with Crippen molar-refractivity contribution in [3.8, 4) is 0 Å². The summed E-state index contributed by atoms with van der Waals surface area (Å²) in [7, 11) is 0. The smallest absolute Gasteiger partial charge is 0.0495 e. The molecule has 0 aliphatic heterocycles. The minimum absolute atomic E-state index is 0.662. The summed E-state index contributed by atoms with van der Waals surface area (Å²) < 4.78 is 5.19. The van der Waals surface area contributed by atoms with E-state index in [1.165, 1.54) is 0 Å². The SMILES string of the molecule is C[CH]COCC(C)C. The minimum atomic E-state index is 0.662. The van der Waals surface area contributed by atoms with Crippen LogP contribution in [-0.4, -0.2) is 13.2 Å². The molecule has 0 saturated heterocycles. The van der Waals surface area contributed by atoms with Gasteiger partial charge in [0, 0.05) is 13.2 Å². The maximum Gasteiger partial charge on any atom is 0.0495 e. The van der Waals surface area contributed by atoms with E-state index in [1.54, 1.807) is 0 Å². The van der Waals surface area contributed by atoms with Gasteiger partial charge in [-0.1, -0.05) is 20.8 Å². The zero-order chi connectivity index (χ0) is 6.41. The van der Waals surface area contributed by atoms with Gasteiger partial charge in [0.1, 0.15) is 0 Å². The molecule has 0 aliphatic rings. The van der Waals surface area contributed by atoms with E-state index in [2.05, 4.69) is 13.8 Å². The maximum atomic E-state index is 5.19. The van der Waals surface area contributed by atoms with Crippen molar-refractivity contribution in [1.82, 2.24) is 0 Å². The Kier molecular flexibility index (Phi) is 5.08. The van der Waals surface area contributed by atoms with Gasteiger partial charge in [-0.15, -0.1) is 0 Å². The van der Waals surface area contributed by atoms with Crippen LogP contribution >= 0.6 is 0 Å². The molecule has 0 aromatic rings. The molecule has 0 heterocycles. The summed E-state index contributed by atoms with van der Waals surface area (Å²) in [5.74, 6) is 0.662. The van der Waals surface area contributed by atoms with Crippen molar-refractivity contribution in [2.45, 2.75) is 20.8 Å². The molecule has 0 bridgehead atoms. The third-order valence-corrected chi connectivity index (χ3v) is 0.736. The fourth-order valence-corrected chi connectivity index (χ4v) is 0.422. The van der Waals surface area contributed by atoms with E-state index in [9.17, 15) is 0 Å². The van der Waals surface area contributed by atoms with Crippen LogP contribution in [0.5, 0.6) is 0 Å². The molecular formula is C7H15O. The summed E-state index contributed by atoms with van der Waals surface area (Å²) in [5.41, 5.74) is 0. The molecule has 0 aliphatic carbocycles. The summed E-state index contributed by atoms with van der Waals surface area (Å²) >= 11 is 0. The second kappa shape index (κ2) is 5.10. The van der Waals surface area contributed by atoms with Crippen LogP contribution in [0.1, 0.15) is 20.8 Å². The highest BCUT2D eigenvalue weighted by Crippen LogP contribution is 1.91. The summed E-state index contributed by atoms with van der Waals surface area (Å²) in [6.07, 6.45) is 2.02. The van der Waals surface area contributed by atoms with E-state index in [0.29, 0.717) is 5.92 Å². The quantitative estimate of drug-likeness (QED) is 0.508. The fourth-order valence-electron chi connectivity index (χ4n) is 0.422. The Balaban J connectivity index is 2.72. The molecule has 0 aromatic carbocycles. The summed E-state index contributed by atoms with van der Waals surface area (Å²) in [4.78, 5) is 0. The fraction of sp³-hybridized carbons (Fsp3) is 0.857. The first-order chi connectivity index (χ1) is 3.77. The summed E-state index contributed by atoms with van der Waals surface area (Å²) in [6.45, 7) is 7.97.